The molecular weight excluding hydrogens is 340 g/mol. The molecule has 0 bridgehead atoms. The van der Waals surface area contributed by atoms with Crippen molar-refractivity contribution in [2.75, 3.05) is 11.4 Å². The molecule has 0 aromatic heterocycles. The summed E-state index contributed by atoms with van der Waals surface area (Å²) in [6.07, 6.45) is 0.335. The molecule has 2 amide bonds. The fourth-order valence-corrected chi connectivity index (χ4v) is 3.27. The van der Waals surface area contributed by atoms with Gasteiger partial charge < -0.3 is 15.0 Å². The molecule has 1 aliphatic heterocycles. The highest BCUT2D eigenvalue weighted by Gasteiger charge is 2.35. The number of rotatable bonds is 6. The Morgan fingerprint density at radius 2 is 1.74 bits per heavy atom. The van der Waals surface area contributed by atoms with Crippen molar-refractivity contribution < 1.29 is 14.3 Å². The largest absolute Gasteiger partial charge is 0.491 e. The Kier molecular flexibility index (Phi) is 5.79. The van der Waals surface area contributed by atoms with E-state index in [9.17, 15) is 9.59 Å². The molecule has 2 aromatic rings. The lowest BCUT2D eigenvalue weighted by atomic mass is 10.1. The number of carbonyl (C=O) groups is 2. The molecule has 5 nitrogen and oxygen atoms in total. The number of ether oxygens (including phenoxy) is 1. The van der Waals surface area contributed by atoms with E-state index in [1.54, 1.807) is 4.90 Å². The lowest BCUT2D eigenvalue weighted by Gasteiger charge is -2.19. The van der Waals surface area contributed by atoms with Crippen LogP contribution in [-0.2, 0) is 9.59 Å². The van der Waals surface area contributed by atoms with Gasteiger partial charge in [-0.3, -0.25) is 9.59 Å². The Morgan fingerprint density at radius 3 is 2.37 bits per heavy atom. The number of carbonyl (C=O) groups excluding carboxylic acids is 2. The van der Waals surface area contributed by atoms with Crippen LogP contribution in [0.3, 0.4) is 0 Å². The van der Waals surface area contributed by atoms with Gasteiger partial charge in [0, 0.05) is 18.7 Å². The molecule has 27 heavy (non-hydrogen) atoms. The molecular formula is C22H26N2O3. The van der Waals surface area contributed by atoms with Crippen LogP contribution in [0.4, 0.5) is 5.69 Å². The van der Waals surface area contributed by atoms with Crippen LogP contribution in [0.5, 0.6) is 5.75 Å². The van der Waals surface area contributed by atoms with Crippen LogP contribution >= 0.6 is 0 Å². The zero-order valence-electron chi connectivity index (χ0n) is 16.0. The quantitative estimate of drug-likeness (QED) is 0.848. The zero-order chi connectivity index (χ0) is 19.4. The summed E-state index contributed by atoms with van der Waals surface area (Å²) in [4.78, 5) is 26.7. The first-order chi connectivity index (χ1) is 12.9. The summed E-state index contributed by atoms with van der Waals surface area (Å²) in [6, 6.07) is 17.2. The molecule has 1 saturated heterocycles. The van der Waals surface area contributed by atoms with Crippen molar-refractivity contribution >= 4 is 17.5 Å². The van der Waals surface area contributed by atoms with E-state index in [1.807, 2.05) is 75.4 Å². The Hall–Kier alpha value is -2.82. The number of nitrogens with zero attached hydrogens (tertiary/aromatic N) is 1. The van der Waals surface area contributed by atoms with E-state index in [0.29, 0.717) is 6.54 Å². The van der Waals surface area contributed by atoms with Gasteiger partial charge in [0.05, 0.1) is 18.1 Å². The maximum absolute atomic E-state index is 12.6. The molecule has 2 aromatic carbocycles. The second kappa shape index (κ2) is 8.25. The predicted octanol–water partition coefficient (Wildman–Crippen LogP) is 3.70. The highest BCUT2D eigenvalue weighted by Crippen LogP contribution is 2.27. The van der Waals surface area contributed by atoms with Crippen molar-refractivity contribution in [3.05, 3.63) is 60.2 Å². The zero-order valence-corrected chi connectivity index (χ0v) is 16.0. The van der Waals surface area contributed by atoms with Gasteiger partial charge in [0.1, 0.15) is 5.75 Å². The van der Waals surface area contributed by atoms with E-state index < -0.39 is 0 Å². The SMILES string of the molecule is CC(C)Oc1ccc(N2CC(C(=O)NC(C)c3ccccc3)CC2=O)cc1. The minimum Gasteiger partial charge on any atom is -0.491 e. The Morgan fingerprint density at radius 1 is 1.07 bits per heavy atom. The normalized spacial score (nSPS) is 17.9. The summed E-state index contributed by atoms with van der Waals surface area (Å²) in [5.41, 5.74) is 1.84. The first kappa shape index (κ1) is 19.0. The first-order valence-electron chi connectivity index (χ1n) is 9.36. The van der Waals surface area contributed by atoms with Crippen molar-refractivity contribution in [1.29, 1.82) is 0 Å². The van der Waals surface area contributed by atoms with Gasteiger partial charge in [0.25, 0.3) is 0 Å². The minimum absolute atomic E-state index is 0.0277. The standard InChI is InChI=1S/C22H26N2O3/c1-15(2)27-20-11-9-19(10-12-20)24-14-18(13-21(24)25)22(26)23-16(3)17-7-5-4-6-8-17/h4-12,15-16,18H,13-14H2,1-3H3,(H,23,26). The Balaban J connectivity index is 1.62. The van der Waals surface area contributed by atoms with Gasteiger partial charge in [-0.05, 0) is 50.6 Å². The summed E-state index contributed by atoms with van der Waals surface area (Å²) in [7, 11) is 0. The summed E-state index contributed by atoms with van der Waals surface area (Å²) < 4.78 is 5.64. The van der Waals surface area contributed by atoms with Gasteiger partial charge in [0.2, 0.25) is 11.8 Å². The van der Waals surface area contributed by atoms with Crippen LogP contribution in [0.2, 0.25) is 0 Å². The van der Waals surface area contributed by atoms with Gasteiger partial charge >= 0.3 is 0 Å². The molecule has 1 fully saturated rings. The monoisotopic (exact) mass is 366 g/mol. The van der Waals surface area contributed by atoms with E-state index in [1.165, 1.54) is 0 Å². The molecule has 0 spiro atoms. The van der Waals surface area contributed by atoms with E-state index in [2.05, 4.69) is 5.32 Å². The Labute approximate surface area is 160 Å². The third-order valence-electron chi connectivity index (χ3n) is 4.67. The summed E-state index contributed by atoms with van der Waals surface area (Å²) in [5, 5.41) is 3.02. The lowest BCUT2D eigenvalue weighted by molar-refractivity contribution is -0.126. The molecule has 2 atom stereocenters. The highest BCUT2D eigenvalue weighted by atomic mass is 16.5. The third-order valence-corrected chi connectivity index (χ3v) is 4.67. The topological polar surface area (TPSA) is 58.6 Å². The first-order valence-corrected chi connectivity index (χ1v) is 9.36. The fourth-order valence-electron chi connectivity index (χ4n) is 3.27. The van der Waals surface area contributed by atoms with E-state index >= 15 is 0 Å². The molecule has 3 rings (SSSR count). The van der Waals surface area contributed by atoms with Crippen molar-refractivity contribution in [2.24, 2.45) is 5.92 Å². The van der Waals surface area contributed by atoms with Crippen molar-refractivity contribution in [2.45, 2.75) is 39.3 Å². The molecule has 1 heterocycles. The lowest BCUT2D eigenvalue weighted by Crippen LogP contribution is -2.34. The smallest absolute Gasteiger partial charge is 0.227 e. The van der Waals surface area contributed by atoms with Crippen LogP contribution in [0.15, 0.2) is 54.6 Å². The van der Waals surface area contributed by atoms with Crippen molar-refractivity contribution in [1.82, 2.24) is 5.32 Å². The van der Waals surface area contributed by atoms with E-state index in [-0.39, 0.29) is 36.3 Å². The van der Waals surface area contributed by atoms with Gasteiger partial charge in [-0.15, -0.1) is 0 Å². The second-order valence-electron chi connectivity index (χ2n) is 7.21. The van der Waals surface area contributed by atoms with Crippen LogP contribution in [0.25, 0.3) is 0 Å². The second-order valence-corrected chi connectivity index (χ2v) is 7.21. The van der Waals surface area contributed by atoms with Gasteiger partial charge in [-0.1, -0.05) is 30.3 Å². The molecule has 1 aliphatic rings. The average Bonchev–Trinajstić information content (AvgIpc) is 3.04. The summed E-state index contributed by atoms with van der Waals surface area (Å²) in [6.45, 7) is 6.29. The van der Waals surface area contributed by atoms with Gasteiger partial charge in [-0.2, -0.15) is 0 Å². The van der Waals surface area contributed by atoms with Crippen LogP contribution in [-0.4, -0.2) is 24.5 Å². The van der Waals surface area contributed by atoms with Crippen LogP contribution in [0.1, 0.15) is 38.8 Å². The van der Waals surface area contributed by atoms with Gasteiger partial charge in [-0.25, -0.2) is 0 Å². The molecule has 5 heteroatoms. The van der Waals surface area contributed by atoms with Crippen LogP contribution < -0.4 is 15.0 Å². The van der Waals surface area contributed by atoms with Gasteiger partial charge in [0.15, 0.2) is 0 Å². The number of benzene rings is 2. The number of anilines is 1. The molecule has 0 radical (unpaired) electrons. The van der Waals surface area contributed by atoms with Crippen molar-refractivity contribution in [3.63, 3.8) is 0 Å². The third kappa shape index (κ3) is 4.67. The fraction of sp³-hybridized carbons (Fsp3) is 0.364. The van der Waals surface area contributed by atoms with Crippen LogP contribution in [0, 0.1) is 5.92 Å². The molecule has 0 aliphatic carbocycles. The van der Waals surface area contributed by atoms with E-state index in [0.717, 1.165) is 17.0 Å². The maximum atomic E-state index is 12.6. The Bertz CT molecular complexity index is 787. The summed E-state index contributed by atoms with van der Waals surface area (Å²) >= 11 is 0. The highest BCUT2D eigenvalue weighted by molar-refractivity contribution is 6.00. The number of hydrogen-bond acceptors (Lipinski definition) is 3. The summed E-state index contributed by atoms with van der Waals surface area (Å²) in [5.74, 6) is 0.323. The predicted molar refractivity (Wildman–Crippen MR) is 106 cm³/mol. The number of nitrogens with one attached hydrogen (secondary N) is 1. The molecule has 1 N–H and O–H groups in total. The van der Waals surface area contributed by atoms with E-state index in [4.69, 9.17) is 4.74 Å². The number of hydrogen-bond donors (Lipinski definition) is 1. The number of amides is 2. The molecule has 2 unspecified atom stereocenters. The minimum atomic E-state index is -0.338. The average molecular weight is 366 g/mol. The molecule has 142 valence electrons. The van der Waals surface area contributed by atoms with Crippen molar-refractivity contribution in [3.8, 4) is 5.75 Å². The molecule has 0 saturated carbocycles. The maximum Gasteiger partial charge on any atom is 0.227 e.